The van der Waals surface area contributed by atoms with Crippen molar-refractivity contribution in [3.63, 3.8) is 0 Å². The van der Waals surface area contributed by atoms with Gasteiger partial charge in [0.2, 0.25) is 0 Å². The second-order valence-electron chi connectivity index (χ2n) is 16.1. The predicted molar refractivity (Wildman–Crippen MR) is 270 cm³/mol. The SMILES string of the molecule is c1ccc(-c2cc(-c3ccccc3)nc(-c3cc(-c4ccccc4)cc(-c4ccc(-c5ccc(-c6ccc(-c7cc(-c8ccccc8)nc(-c8ccccc8)n7)cc6)cc5)cn4)n3)c2)cc1. The van der Waals surface area contributed by atoms with Crippen LogP contribution in [0.25, 0.3) is 112 Å². The van der Waals surface area contributed by atoms with Gasteiger partial charge in [-0.1, -0.05) is 206 Å². The first-order chi connectivity index (χ1) is 32.7. The average Bonchev–Trinajstić information content (AvgIpc) is 3.42. The zero-order valence-electron chi connectivity index (χ0n) is 35.9. The normalized spacial score (nSPS) is 11.0. The molecule has 4 heterocycles. The van der Waals surface area contributed by atoms with E-state index in [0.29, 0.717) is 5.82 Å². The Kier molecular flexibility index (Phi) is 10.9. The van der Waals surface area contributed by atoms with E-state index < -0.39 is 0 Å². The van der Waals surface area contributed by atoms with Crippen LogP contribution >= 0.6 is 0 Å². The van der Waals surface area contributed by atoms with Crippen LogP contribution in [-0.2, 0) is 0 Å². The van der Waals surface area contributed by atoms with Crippen LogP contribution in [0.15, 0.2) is 249 Å². The van der Waals surface area contributed by atoms with Gasteiger partial charge in [-0.2, -0.15) is 0 Å². The van der Waals surface area contributed by atoms with Crippen molar-refractivity contribution in [2.45, 2.75) is 0 Å². The Labute approximate surface area is 384 Å². The second kappa shape index (κ2) is 18.0. The first kappa shape index (κ1) is 39.9. The van der Waals surface area contributed by atoms with Crippen molar-refractivity contribution in [2.24, 2.45) is 0 Å². The van der Waals surface area contributed by atoms with Crippen molar-refractivity contribution in [3.05, 3.63) is 249 Å². The molecule has 4 aromatic heterocycles. The van der Waals surface area contributed by atoms with Gasteiger partial charge in [0.25, 0.3) is 0 Å². The van der Waals surface area contributed by atoms with Gasteiger partial charge in [-0.15, -0.1) is 0 Å². The van der Waals surface area contributed by atoms with Crippen molar-refractivity contribution >= 4 is 0 Å². The van der Waals surface area contributed by atoms with E-state index in [1.54, 1.807) is 0 Å². The van der Waals surface area contributed by atoms with Gasteiger partial charge in [0.1, 0.15) is 0 Å². The fraction of sp³-hybridized carbons (Fsp3) is 0. The summed E-state index contributed by atoms with van der Waals surface area (Å²) in [7, 11) is 0. The molecule has 11 aromatic rings. The molecule has 5 heteroatoms. The summed E-state index contributed by atoms with van der Waals surface area (Å²) in [5.41, 5.74) is 18.6. The fourth-order valence-corrected chi connectivity index (χ4v) is 8.28. The van der Waals surface area contributed by atoms with Gasteiger partial charge >= 0.3 is 0 Å². The zero-order valence-corrected chi connectivity index (χ0v) is 35.9. The highest BCUT2D eigenvalue weighted by Crippen LogP contribution is 2.35. The van der Waals surface area contributed by atoms with Gasteiger partial charge in [-0.05, 0) is 75.3 Å². The van der Waals surface area contributed by atoms with Gasteiger partial charge < -0.3 is 0 Å². The number of nitrogens with zero attached hydrogens (tertiary/aromatic N) is 5. The van der Waals surface area contributed by atoms with Gasteiger partial charge in [0.05, 0.1) is 39.9 Å². The molecule has 0 bridgehead atoms. The fourth-order valence-electron chi connectivity index (χ4n) is 8.28. The van der Waals surface area contributed by atoms with Crippen LogP contribution in [0.2, 0.25) is 0 Å². The number of hydrogen-bond donors (Lipinski definition) is 0. The molecule has 310 valence electrons. The third-order valence-electron chi connectivity index (χ3n) is 11.8. The quantitative estimate of drug-likeness (QED) is 0.137. The van der Waals surface area contributed by atoms with Crippen LogP contribution < -0.4 is 0 Å². The smallest absolute Gasteiger partial charge is 0.160 e. The van der Waals surface area contributed by atoms with Crippen LogP contribution in [0.3, 0.4) is 0 Å². The first-order valence-corrected chi connectivity index (χ1v) is 22.1. The molecule has 0 atom stereocenters. The Morgan fingerprint density at radius 1 is 0.182 bits per heavy atom. The number of pyridine rings is 3. The minimum absolute atomic E-state index is 0.704. The van der Waals surface area contributed by atoms with Crippen molar-refractivity contribution in [2.75, 3.05) is 0 Å². The Bertz CT molecular complexity index is 3280. The van der Waals surface area contributed by atoms with Crippen molar-refractivity contribution in [3.8, 4) is 112 Å². The summed E-state index contributed by atoms with van der Waals surface area (Å²) in [6.45, 7) is 0. The number of rotatable bonds is 10. The van der Waals surface area contributed by atoms with E-state index in [-0.39, 0.29) is 0 Å². The summed E-state index contributed by atoms with van der Waals surface area (Å²) in [5.74, 6) is 0.704. The van der Waals surface area contributed by atoms with Gasteiger partial charge in [-0.25, -0.2) is 19.9 Å². The molecule has 0 spiro atoms. The van der Waals surface area contributed by atoms with E-state index >= 15 is 0 Å². The Hall–Kier alpha value is -8.93. The molecule has 7 aromatic carbocycles. The second-order valence-corrected chi connectivity index (χ2v) is 16.1. The molecule has 0 saturated heterocycles. The van der Waals surface area contributed by atoms with Crippen LogP contribution in [0.4, 0.5) is 0 Å². The Morgan fingerprint density at radius 2 is 0.485 bits per heavy atom. The maximum atomic E-state index is 5.25. The molecule has 0 amide bonds. The Morgan fingerprint density at radius 3 is 0.924 bits per heavy atom. The largest absolute Gasteiger partial charge is 0.254 e. The molecule has 0 N–H and O–H groups in total. The van der Waals surface area contributed by atoms with E-state index in [0.717, 1.165) is 107 Å². The maximum absolute atomic E-state index is 5.25. The van der Waals surface area contributed by atoms with Crippen LogP contribution in [-0.4, -0.2) is 24.9 Å². The molecule has 0 aliphatic heterocycles. The molecule has 0 fully saturated rings. The number of aromatic nitrogens is 5. The van der Waals surface area contributed by atoms with Crippen molar-refractivity contribution < 1.29 is 0 Å². The van der Waals surface area contributed by atoms with E-state index in [2.05, 4.69) is 176 Å². The summed E-state index contributed by atoms with van der Waals surface area (Å²) >= 11 is 0. The summed E-state index contributed by atoms with van der Waals surface area (Å²) in [5, 5.41) is 0. The van der Waals surface area contributed by atoms with Crippen molar-refractivity contribution in [1.82, 2.24) is 24.9 Å². The minimum Gasteiger partial charge on any atom is -0.254 e. The van der Waals surface area contributed by atoms with Crippen LogP contribution in [0, 0.1) is 0 Å². The predicted octanol–water partition coefficient (Wildman–Crippen LogP) is 15.3. The van der Waals surface area contributed by atoms with Gasteiger partial charge in [0, 0.05) is 34.0 Å². The average molecular weight is 844 g/mol. The molecule has 0 aliphatic rings. The topological polar surface area (TPSA) is 64.5 Å². The van der Waals surface area contributed by atoms with E-state index in [9.17, 15) is 0 Å². The summed E-state index contributed by atoms with van der Waals surface area (Å²) in [6, 6.07) is 83.7. The van der Waals surface area contributed by atoms with Gasteiger partial charge in [0.15, 0.2) is 5.82 Å². The molecule has 11 rings (SSSR count). The Balaban J connectivity index is 0.883. The standard InChI is InChI=1S/C61H41N5/c1-6-16-42(17-7-1)52-36-55(47-20-10-3-11-21-47)63-59(38-52)60-39-53(43-18-8-2-9-19-43)37-58(64-60)54-35-34-51(41-62-54)46-28-26-44(27-29-46)45-30-32-49(33-31-45)57-40-56(48-22-12-4-13-23-48)65-61(66-57)50-24-14-5-15-25-50/h1-41H. The molecular weight excluding hydrogens is 803 g/mol. The highest BCUT2D eigenvalue weighted by Gasteiger charge is 2.15. The van der Waals surface area contributed by atoms with E-state index in [1.807, 2.05) is 72.9 Å². The lowest BCUT2D eigenvalue weighted by atomic mass is 9.98. The molecule has 0 unspecified atom stereocenters. The molecule has 0 saturated carbocycles. The molecule has 0 radical (unpaired) electrons. The highest BCUT2D eigenvalue weighted by atomic mass is 14.9. The molecule has 66 heavy (non-hydrogen) atoms. The van der Waals surface area contributed by atoms with E-state index in [4.69, 9.17) is 24.9 Å². The molecule has 0 aliphatic carbocycles. The van der Waals surface area contributed by atoms with Gasteiger partial charge in [-0.3, -0.25) is 4.98 Å². The lowest BCUT2D eigenvalue weighted by molar-refractivity contribution is 1.18. The summed E-state index contributed by atoms with van der Waals surface area (Å²) < 4.78 is 0. The maximum Gasteiger partial charge on any atom is 0.160 e. The zero-order chi connectivity index (χ0) is 44.1. The highest BCUT2D eigenvalue weighted by molar-refractivity contribution is 5.81. The summed E-state index contributed by atoms with van der Waals surface area (Å²) in [6.07, 6.45) is 1.94. The monoisotopic (exact) mass is 843 g/mol. The lowest BCUT2D eigenvalue weighted by Crippen LogP contribution is -1.96. The summed E-state index contributed by atoms with van der Waals surface area (Å²) in [4.78, 5) is 25.4. The number of hydrogen-bond acceptors (Lipinski definition) is 5. The number of benzene rings is 7. The minimum atomic E-state index is 0.704. The molecule has 5 nitrogen and oxygen atoms in total. The lowest BCUT2D eigenvalue weighted by Gasteiger charge is -2.13. The first-order valence-electron chi connectivity index (χ1n) is 22.1. The third kappa shape index (κ3) is 8.57. The van der Waals surface area contributed by atoms with Crippen LogP contribution in [0.5, 0.6) is 0 Å². The van der Waals surface area contributed by atoms with Crippen molar-refractivity contribution in [1.29, 1.82) is 0 Å². The molecular formula is C61H41N5. The van der Waals surface area contributed by atoms with E-state index in [1.165, 1.54) is 0 Å². The van der Waals surface area contributed by atoms with Crippen LogP contribution in [0.1, 0.15) is 0 Å². The third-order valence-corrected chi connectivity index (χ3v) is 11.8.